The molecule has 0 aromatic heterocycles. The van der Waals surface area contributed by atoms with Crippen molar-refractivity contribution in [3.8, 4) is 5.75 Å². The normalized spacial score (nSPS) is 29.5. The van der Waals surface area contributed by atoms with Crippen molar-refractivity contribution in [2.75, 3.05) is 20.7 Å². The van der Waals surface area contributed by atoms with Gasteiger partial charge in [0.05, 0.1) is 30.2 Å². The average Bonchev–Trinajstić information content (AvgIpc) is 2.90. The molecule has 0 unspecified atom stereocenters. The highest BCUT2D eigenvalue weighted by atomic mass is 16.5. The molecule has 0 spiro atoms. The number of phenols is 1. The summed E-state index contributed by atoms with van der Waals surface area (Å²) in [6.07, 6.45) is 2.23. The van der Waals surface area contributed by atoms with Crippen molar-refractivity contribution >= 4 is 35.3 Å². The van der Waals surface area contributed by atoms with Gasteiger partial charge in [-0.2, -0.15) is 0 Å². The van der Waals surface area contributed by atoms with Crippen molar-refractivity contribution in [2.45, 2.75) is 50.4 Å². The number of amides is 1. The molecule has 7 N–H and O–H groups in total. The molecule has 41 heavy (non-hydrogen) atoms. The first kappa shape index (κ1) is 30.0. The van der Waals surface area contributed by atoms with Gasteiger partial charge in [-0.05, 0) is 38.1 Å². The molecule has 6 atom stereocenters. The number of phenolic OH excluding ortho intramolecular Hbond substituents is 1. The summed E-state index contributed by atoms with van der Waals surface area (Å²) in [5, 5.41) is 56.8. The molecule has 220 valence electrons. The minimum absolute atomic E-state index is 0.115. The summed E-state index contributed by atoms with van der Waals surface area (Å²) in [5.41, 5.74) is 1.17. The van der Waals surface area contributed by atoms with Gasteiger partial charge in [0.1, 0.15) is 22.8 Å². The van der Waals surface area contributed by atoms with Crippen LogP contribution in [-0.2, 0) is 23.9 Å². The number of ether oxygens (including phenoxy) is 1. The first-order chi connectivity index (χ1) is 19.2. The van der Waals surface area contributed by atoms with Crippen molar-refractivity contribution in [3.05, 3.63) is 51.8 Å². The molecule has 1 amide bonds. The fourth-order valence-corrected chi connectivity index (χ4v) is 6.29. The van der Waals surface area contributed by atoms with Gasteiger partial charge >= 0.3 is 5.97 Å². The summed E-state index contributed by atoms with van der Waals surface area (Å²) in [6, 6.07) is 1.63. The average molecular weight is 571 g/mol. The number of likely N-dealkylation sites (N-methyl/N-ethyl adjacent to an activating group) is 1. The molecule has 12 nitrogen and oxygen atoms in total. The molecule has 0 aliphatic heterocycles. The summed E-state index contributed by atoms with van der Waals surface area (Å²) < 4.78 is 5.07. The minimum Gasteiger partial charge on any atom is -0.508 e. The molecular formula is C29H34N2O10. The van der Waals surface area contributed by atoms with E-state index in [-0.39, 0.29) is 17.7 Å². The first-order valence-corrected chi connectivity index (χ1v) is 13.2. The van der Waals surface area contributed by atoms with Gasteiger partial charge in [-0.15, -0.1) is 0 Å². The number of ketones is 2. The number of aliphatic hydroxyl groups excluding tert-OH is 3. The van der Waals surface area contributed by atoms with Crippen molar-refractivity contribution in [3.63, 3.8) is 0 Å². The zero-order valence-corrected chi connectivity index (χ0v) is 23.1. The van der Waals surface area contributed by atoms with E-state index in [0.717, 1.165) is 12.5 Å². The second-order valence-corrected chi connectivity index (χ2v) is 10.9. The molecule has 1 fully saturated rings. The fourth-order valence-electron chi connectivity index (χ4n) is 6.29. The summed E-state index contributed by atoms with van der Waals surface area (Å²) in [6.45, 7) is 3.81. The van der Waals surface area contributed by atoms with Gasteiger partial charge in [0.15, 0.2) is 11.4 Å². The lowest BCUT2D eigenvalue weighted by molar-refractivity contribution is -0.169. The molecular weight excluding hydrogens is 536 g/mol. The number of rotatable bonds is 7. The summed E-state index contributed by atoms with van der Waals surface area (Å²) >= 11 is 0. The van der Waals surface area contributed by atoms with Crippen LogP contribution in [0.1, 0.15) is 49.3 Å². The van der Waals surface area contributed by atoms with Gasteiger partial charge in [-0.1, -0.05) is 32.4 Å². The SMILES string of the molecule is CCCCOC(=O)/C=C/c1ccc2c(c1O)C(O)=C1C(=O)[C@@]3(O)C(O)=C(C(N)=O)C(=O)[C@H](N(C)C)[C@H]3[C@H](O)[C@H]1[C@@H]2C. The van der Waals surface area contributed by atoms with Crippen LogP contribution in [0.5, 0.6) is 5.75 Å². The number of nitrogens with zero attached hydrogens (tertiary/aromatic N) is 1. The number of esters is 1. The quantitative estimate of drug-likeness (QED) is 0.117. The Labute approximate surface area is 236 Å². The second-order valence-electron chi connectivity index (χ2n) is 10.9. The lowest BCUT2D eigenvalue weighted by Gasteiger charge is -2.53. The third-order valence-electron chi connectivity index (χ3n) is 8.30. The maximum atomic E-state index is 14.0. The smallest absolute Gasteiger partial charge is 0.330 e. The topological polar surface area (TPSA) is 208 Å². The van der Waals surface area contributed by atoms with Crippen molar-refractivity contribution in [1.29, 1.82) is 0 Å². The Bertz CT molecular complexity index is 1420. The zero-order valence-electron chi connectivity index (χ0n) is 23.1. The van der Waals surface area contributed by atoms with Crippen LogP contribution in [0.15, 0.2) is 35.1 Å². The molecule has 0 bridgehead atoms. The van der Waals surface area contributed by atoms with E-state index in [4.69, 9.17) is 10.5 Å². The van der Waals surface area contributed by atoms with E-state index in [9.17, 15) is 44.7 Å². The number of Topliss-reactive ketones (excluding diaryl/α,β-unsaturated/α-hetero) is 2. The minimum atomic E-state index is -2.99. The van der Waals surface area contributed by atoms with Crippen LogP contribution in [-0.4, -0.2) is 92.3 Å². The lowest BCUT2D eigenvalue weighted by Crippen LogP contribution is -2.70. The highest BCUT2D eigenvalue weighted by molar-refractivity contribution is 6.24. The summed E-state index contributed by atoms with van der Waals surface area (Å²) in [5.74, 6) is -10.3. The molecule has 0 heterocycles. The van der Waals surface area contributed by atoms with E-state index in [1.54, 1.807) is 13.0 Å². The Kier molecular flexibility index (Phi) is 7.87. The van der Waals surface area contributed by atoms with E-state index < -0.39 is 87.4 Å². The van der Waals surface area contributed by atoms with Crippen molar-refractivity contribution < 1.29 is 49.4 Å². The van der Waals surface area contributed by atoms with E-state index in [2.05, 4.69) is 0 Å². The maximum absolute atomic E-state index is 14.0. The van der Waals surface area contributed by atoms with E-state index in [1.165, 1.54) is 31.1 Å². The van der Waals surface area contributed by atoms with E-state index >= 15 is 0 Å². The molecule has 1 saturated carbocycles. The van der Waals surface area contributed by atoms with Crippen LogP contribution in [0.25, 0.3) is 11.8 Å². The molecule has 3 aliphatic rings. The number of unbranched alkanes of at least 4 members (excludes halogenated alkanes) is 1. The van der Waals surface area contributed by atoms with Crippen molar-refractivity contribution in [2.24, 2.45) is 17.6 Å². The summed E-state index contributed by atoms with van der Waals surface area (Å²) in [4.78, 5) is 52.6. The standard InChI is InChI=1S/C29H34N2O10/c1-5-6-11-41-15(32)10-8-13-7-9-14-12(2)16-18(23(34)17(14)22(13)33)26(37)29(40)20(24(16)35)21(31(3)4)25(36)19(27(29)38)28(30)39/h7-10,12,16,20-21,24,33-35,38,40H,5-6,11H2,1-4H3,(H2,30,39)/b10-8+/t12-,16+,20+,21-,24-,29-/m1/s1. The molecule has 3 aliphatic carbocycles. The van der Waals surface area contributed by atoms with Crippen LogP contribution >= 0.6 is 0 Å². The highest BCUT2D eigenvalue weighted by Gasteiger charge is 2.68. The number of aromatic hydroxyl groups is 1. The van der Waals surface area contributed by atoms with Crippen LogP contribution in [0, 0.1) is 11.8 Å². The molecule has 12 heteroatoms. The zero-order chi connectivity index (χ0) is 30.5. The predicted octanol–water partition coefficient (Wildman–Crippen LogP) is 0.852. The van der Waals surface area contributed by atoms with Gasteiger partial charge in [-0.3, -0.25) is 19.3 Å². The third-order valence-corrected chi connectivity index (χ3v) is 8.30. The molecule has 0 saturated heterocycles. The number of fused-ring (bicyclic) bond motifs is 3. The number of carbonyl (C=O) groups excluding carboxylic acids is 4. The van der Waals surface area contributed by atoms with Crippen LogP contribution < -0.4 is 5.73 Å². The lowest BCUT2D eigenvalue weighted by atomic mass is 9.54. The van der Waals surface area contributed by atoms with Crippen LogP contribution in [0.3, 0.4) is 0 Å². The van der Waals surface area contributed by atoms with Crippen LogP contribution in [0.4, 0.5) is 0 Å². The molecule has 0 radical (unpaired) electrons. The van der Waals surface area contributed by atoms with Gasteiger partial charge < -0.3 is 36.0 Å². The number of carbonyl (C=O) groups is 4. The Morgan fingerprint density at radius 3 is 2.41 bits per heavy atom. The number of hydrogen-bond acceptors (Lipinski definition) is 11. The number of nitrogens with two attached hydrogens (primary N) is 1. The third kappa shape index (κ3) is 4.42. The second kappa shape index (κ2) is 10.8. The number of benzene rings is 1. The Balaban J connectivity index is 1.89. The van der Waals surface area contributed by atoms with Gasteiger partial charge in [0.25, 0.3) is 5.91 Å². The summed E-state index contributed by atoms with van der Waals surface area (Å²) in [7, 11) is 2.88. The Morgan fingerprint density at radius 1 is 1.17 bits per heavy atom. The number of aliphatic hydroxyl groups is 4. The Hall–Kier alpha value is -4.00. The number of hydrogen-bond donors (Lipinski definition) is 6. The molecule has 4 rings (SSSR count). The van der Waals surface area contributed by atoms with Gasteiger partial charge in [0, 0.05) is 23.1 Å². The first-order valence-electron chi connectivity index (χ1n) is 13.2. The monoisotopic (exact) mass is 570 g/mol. The Morgan fingerprint density at radius 2 is 1.83 bits per heavy atom. The van der Waals surface area contributed by atoms with Gasteiger partial charge in [-0.25, -0.2) is 4.79 Å². The highest BCUT2D eigenvalue weighted by Crippen LogP contribution is 2.56. The van der Waals surface area contributed by atoms with E-state index in [1.807, 2.05) is 6.92 Å². The maximum Gasteiger partial charge on any atom is 0.330 e. The largest absolute Gasteiger partial charge is 0.508 e. The predicted molar refractivity (Wildman–Crippen MR) is 145 cm³/mol. The fraction of sp³-hybridized carbons (Fsp3) is 0.448. The van der Waals surface area contributed by atoms with Crippen molar-refractivity contribution in [1.82, 2.24) is 4.90 Å². The molecule has 1 aromatic rings. The van der Waals surface area contributed by atoms with Gasteiger partial charge in [0.2, 0.25) is 5.78 Å². The van der Waals surface area contributed by atoms with Crippen LogP contribution in [0.2, 0.25) is 0 Å². The van der Waals surface area contributed by atoms with E-state index in [0.29, 0.717) is 12.0 Å². The molecule has 1 aromatic carbocycles. The number of primary amides is 1.